The van der Waals surface area contributed by atoms with Crippen LogP contribution in [0.3, 0.4) is 0 Å². The van der Waals surface area contributed by atoms with E-state index in [4.69, 9.17) is 9.47 Å². The number of aryl methyl sites for hydroxylation is 1. The van der Waals surface area contributed by atoms with Gasteiger partial charge in [-0.25, -0.2) is 0 Å². The molecular weight excluding hydrogens is 480 g/mol. The number of hydrogen-bond donors (Lipinski definition) is 1. The van der Waals surface area contributed by atoms with Crippen LogP contribution in [0, 0.1) is 6.92 Å². The molecule has 2 aromatic carbocycles. The number of aliphatic hydroxyl groups is 1. The fourth-order valence-electron chi connectivity index (χ4n) is 4.99. The van der Waals surface area contributed by atoms with Gasteiger partial charge in [-0.15, -0.1) is 0 Å². The second kappa shape index (κ2) is 11.5. The molecule has 0 aromatic heterocycles. The van der Waals surface area contributed by atoms with E-state index in [1.165, 1.54) is 0 Å². The second-order valence-corrected chi connectivity index (χ2v) is 10.9. The number of rotatable bonds is 8. The van der Waals surface area contributed by atoms with E-state index in [2.05, 4.69) is 32.3 Å². The molecule has 7 nitrogen and oxygen atoms in total. The van der Waals surface area contributed by atoms with Gasteiger partial charge in [-0.2, -0.15) is 0 Å². The molecule has 38 heavy (non-hydrogen) atoms. The molecule has 0 bridgehead atoms. The van der Waals surface area contributed by atoms with Crippen molar-refractivity contribution in [1.29, 1.82) is 0 Å². The van der Waals surface area contributed by atoms with Crippen molar-refractivity contribution in [3.05, 3.63) is 82.9 Å². The first-order valence-corrected chi connectivity index (χ1v) is 13.2. The van der Waals surface area contributed by atoms with Gasteiger partial charge in [0.2, 0.25) is 0 Å². The van der Waals surface area contributed by atoms with Crippen molar-refractivity contribution in [2.24, 2.45) is 0 Å². The highest BCUT2D eigenvalue weighted by molar-refractivity contribution is 6.46. The Kier molecular flexibility index (Phi) is 8.38. The zero-order valence-corrected chi connectivity index (χ0v) is 22.8. The number of hydrogen-bond acceptors (Lipinski definition) is 6. The maximum absolute atomic E-state index is 13.4. The molecule has 1 atom stereocenters. The zero-order valence-electron chi connectivity index (χ0n) is 22.8. The van der Waals surface area contributed by atoms with Crippen LogP contribution in [0.4, 0.5) is 0 Å². The van der Waals surface area contributed by atoms with Gasteiger partial charge in [-0.1, -0.05) is 57.7 Å². The van der Waals surface area contributed by atoms with E-state index < -0.39 is 17.7 Å². The predicted octanol–water partition coefficient (Wildman–Crippen LogP) is 4.61. The number of carbonyl (C=O) groups excluding carboxylic acids is 2. The third-order valence-electron chi connectivity index (χ3n) is 7.21. The predicted molar refractivity (Wildman–Crippen MR) is 148 cm³/mol. The average Bonchev–Trinajstić information content (AvgIpc) is 3.15. The van der Waals surface area contributed by atoms with Crippen LogP contribution in [-0.4, -0.2) is 72.6 Å². The van der Waals surface area contributed by atoms with Gasteiger partial charge in [-0.05, 0) is 47.2 Å². The van der Waals surface area contributed by atoms with Gasteiger partial charge in [0.1, 0.15) is 18.1 Å². The first-order chi connectivity index (χ1) is 18.1. The van der Waals surface area contributed by atoms with E-state index in [0.717, 1.165) is 29.8 Å². The van der Waals surface area contributed by atoms with Crippen LogP contribution < -0.4 is 4.74 Å². The minimum atomic E-state index is -0.679. The summed E-state index contributed by atoms with van der Waals surface area (Å²) < 4.78 is 11.1. The van der Waals surface area contributed by atoms with Crippen LogP contribution in [0.5, 0.6) is 5.75 Å². The fraction of sp³-hybridized carbons (Fsp3) is 0.419. The Balaban J connectivity index is 1.75. The Labute approximate surface area is 225 Å². The molecule has 2 saturated heterocycles. The monoisotopic (exact) mass is 518 g/mol. The summed E-state index contributed by atoms with van der Waals surface area (Å²) in [5.41, 5.74) is 3.26. The number of benzene rings is 2. The van der Waals surface area contributed by atoms with Crippen molar-refractivity contribution in [3.63, 3.8) is 0 Å². The number of nitrogens with zero attached hydrogens (tertiary/aromatic N) is 2. The Hall–Kier alpha value is -3.42. The maximum Gasteiger partial charge on any atom is 0.295 e. The molecule has 2 fully saturated rings. The number of amides is 1. The van der Waals surface area contributed by atoms with Gasteiger partial charge >= 0.3 is 0 Å². The lowest BCUT2D eigenvalue weighted by molar-refractivity contribution is -0.140. The number of Topliss-reactive ketones (excluding diaryl/α,β-unsaturated/α-hetero) is 1. The SMILES string of the molecule is C=CCOc1ccc(C(O)=C2C(=O)C(=O)N(CCN3CCOCC3)C2c2ccc(C(C)(C)C)cc2)c(C)c1. The van der Waals surface area contributed by atoms with E-state index >= 15 is 0 Å². The third-order valence-corrected chi connectivity index (χ3v) is 7.21. The van der Waals surface area contributed by atoms with Gasteiger partial charge in [0.25, 0.3) is 11.7 Å². The molecule has 4 rings (SSSR count). The van der Waals surface area contributed by atoms with Crippen molar-refractivity contribution < 1.29 is 24.2 Å². The van der Waals surface area contributed by atoms with Crippen LogP contribution in [0.1, 0.15) is 49.1 Å². The zero-order chi connectivity index (χ0) is 27.4. The van der Waals surface area contributed by atoms with Crippen LogP contribution in [0.25, 0.3) is 5.76 Å². The Morgan fingerprint density at radius 1 is 1.11 bits per heavy atom. The summed E-state index contributed by atoms with van der Waals surface area (Å²) in [6.45, 7) is 16.2. The summed E-state index contributed by atoms with van der Waals surface area (Å²) in [4.78, 5) is 30.6. The van der Waals surface area contributed by atoms with Crippen LogP contribution in [0.15, 0.2) is 60.7 Å². The number of likely N-dealkylation sites (tertiary alicyclic amines) is 1. The largest absolute Gasteiger partial charge is 0.507 e. The first kappa shape index (κ1) is 27.6. The highest BCUT2D eigenvalue weighted by atomic mass is 16.5. The Morgan fingerprint density at radius 3 is 2.39 bits per heavy atom. The molecule has 1 amide bonds. The van der Waals surface area contributed by atoms with Gasteiger partial charge in [0.15, 0.2) is 0 Å². The molecule has 0 aliphatic carbocycles. The highest BCUT2D eigenvalue weighted by Crippen LogP contribution is 2.40. The van der Waals surface area contributed by atoms with Crippen molar-refractivity contribution in [1.82, 2.24) is 9.80 Å². The Morgan fingerprint density at radius 2 is 1.79 bits per heavy atom. The minimum Gasteiger partial charge on any atom is -0.507 e. The van der Waals surface area contributed by atoms with E-state index in [1.54, 1.807) is 29.2 Å². The molecule has 7 heteroatoms. The molecule has 2 aliphatic heterocycles. The molecule has 0 spiro atoms. The molecule has 2 aliphatic rings. The number of aliphatic hydroxyl groups excluding tert-OH is 1. The van der Waals surface area contributed by atoms with E-state index in [0.29, 0.717) is 44.2 Å². The van der Waals surface area contributed by atoms with E-state index in [1.807, 2.05) is 31.2 Å². The molecule has 1 unspecified atom stereocenters. The molecule has 2 aromatic rings. The first-order valence-electron chi connectivity index (χ1n) is 13.2. The normalized spacial score (nSPS) is 20.1. The Bertz CT molecular complexity index is 1220. The quantitative estimate of drug-likeness (QED) is 0.238. The van der Waals surface area contributed by atoms with Crippen molar-refractivity contribution >= 4 is 17.4 Å². The number of carbonyl (C=O) groups is 2. The average molecular weight is 519 g/mol. The topological polar surface area (TPSA) is 79.3 Å². The molecule has 2 heterocycles. The second-order valence-electron chi connectivity index (χ2n) is 10.9. The molecule has 0 radical (unpaired) electrons. The van der Waals surface area contributed by atoms with E-state index in [9.17, 15) is 14.7 Å². The van der Waals surface area contributed by atoms with Crippen molar-refractivity contribution in [3.8, 4) is 5.75 Å². The van der Waals surface area contributed by atoms with Gasteiger partial charge < -0.3 is 19.5 Å². The van der Waals surface area contributed by atoms with Gasteiger partial charge in [0, 0.05) is 31.7 Å². The fourth-order valence-corrected chi connectivity index (χ4v) is 4.99. The molecule has 0 saturated carbocycles. The number of ether oxygens (including phenoxy) is 2. The summed E-state index contributed by atoms with van der Waals surface area (Å²) in [6, 6.07) is 12.6. The summed E-state index contributed by atoms with van der Waals surface area (Å²) in [7, 11) is 0. The van der Waals surface area contributed by atoms with Gasteiger partial charge in [0.05, 0.1) is 24.8 Å². The summed E-state index contributed by atoms with van der Waals surface area (Å²) in [6.07, 6.45) is 1.66. The molecule has 1 N–H and O–H groups in total. The number of morpholine rings is 1. The standard InChI is InChI=1S/C31H38N2O5/c1-6-17-38-24-11-12-25(21(2)20-24)28(34)26-27(22-7-9-23(10-8-22)31(3,4)5)33(30(36)29(26)35)14-13-32-15-18-37-19-16-32/h6-12,20,27,34H,1,13-19H2,2-5H3. The maximum atomic E-state index is 13.4. The van der Waals surface area contributed by atoms with Crippen molar-refractivity contribution in [2.45, 2.75) is 39.2 Å². The third kappa shape index (κ3) is 5.84. The lowest BCUT2D eigenvalue weighted by Gasteiger charge is -2.31. The van der Waals surface area contributed by atoms with E-state index in [-0.39, 0.29) is 16.7 Å². The smallest absolute Gasteiger partial charge is 0.295 e. The minimum absolute atomic E-state index is 0.0385. The van der Waals surface area contributed by atoms with Crippen LogP contribution in [-0.2, 0) is 19.7 Å². The summed E-state index contributed by atoms with van der Waals surface area (Å²) in [5.74, 6) is -0.789. The van der Waals surface area contributed by atoms with Gasteiger partial charge in [-0.3, -0.25) is 14.5 Å². The van der Waals surface area contributed by atoms with Crippen molar-refractivity contribution in [2.75, 3.05) is 46.0 Å². The lowest BCUT2D eigenvalue weighted by Crippen LogP contribution is -2.42. The lowest BCUT2D eigenvalue weighted by atomic mass is 9.85. The van der Waals surface area contributed by atoms with Crippen LogP contribution >= 0.6 is 0 Å². The molecule has 202 valence electrons. The highest BCUT2D eigenvalue weighted by Gasteiger charge is 2.46. The summed E-state index contributed by atoms with van der Waals surface area (Å²) >= 11 is 0. The summed E-state index contributed by atoms with van der Waals surface area (Å²) in [5, 5.41) is 11.5. The molecular formula is C31H38N2O5. The van der Waals surface area contributed by atoms with Crippen LogP contribution in [0.2, 0.25) is 0 Å². The number of ketones is 1.